The van der Waals surface area contributed by atoms with Gasteiger partial charge in [0.2, 0.25) is 0 Å². The number of carbonyl (C=O) groups is 2. The van der Waals surface area contributed by atoms with Crippen molar-refractivity contribution >= 4 is 28.7 Å². The minimum absolute atomic E-state index is 0.0936. The van der Waals surface area contributed by atoms with Crippen molar-refractivity contribution in [3.05, 3.63) is 58.6 Å². The zero-order chi connectivity index (χ0) is 18.5. The second-order valence-electron chi connectivity index (χ2n) is 5.58. The van der Waals surface area contributed by atoms with Gasteiger partial charge in [-0.1, -0.05) is 18.2 Å². The van der Waals surface area contributed by atoms with E-state index in [2.05, 4.69) is 15.2 Å². The van der Waals surface area contributed by atoms with Crippen LogP contribution in [0.5, 0.6) is 0 Å². The lowest BCUT2D eigenvalue weighted by molar-refractivity contribution is -0.140. The number of nitrogens with zero attached hydrogens (tertiary/aromatic N) is 2. The van der Waals surface area contributed by atoms with Gasteiger partial charge in [0.05, 0.1) is 7.11 Å². The van der Waals surface area contributed by atoms with Gasteiger partial charge >= 0.3 is 11.6 Å². The van der Waals surface area contributed by atoms with Gasteiger partial charge in [0.15, 0.2) is 5.82 Å². The molecule has 1 N–H and O–H groups in total. The monoisotopic (exact) mass is 355 g/mol. The van der Waals surface area contributed by atoms with E-state index >= 15 is 0 Å². The minimum Gasteiger partial charge on any atom is -0.469 e. The zero-order valence-electron chi connectivity index (χ0n) is 14.1. The molecule has 1 aromatic carbocycles. The van der Waals surface area contributed by atoms with Crippen LogP contribution in [0.3, 0.4) is 0 Å². The van der Waals surface area contributed by atoms with Crippen LogP contribution in [0.4, 0.5) is 5.82 Å². The minimum atomic E-state index is -0.710. The van der Waals surface area contributed by atoms with Crippen LogP contribution in [0, 0.1) is 0 Å². The first kappa shape index (κ1) is 17.4. The van der Waals surface area contributed by atoms with Crippen molar-refractivity contribution in [2.75, 3.05) is 12.4 Å². The van der Waals surface area contributed by atoms with Gasteiger partial charge in [-0.3, -0.25) is 14.3 Å². The predicted molar refractivity (Wildman–Crippen MR) is 93.9 cm³/mol. The Balaban J connectivity index is 1.68. The molecular weight excluding hydrogens is 338 g/mol. The molecule has 0 radical (unpaired) electrons. The molecule has 8 nitrogen and oxygen atoms in total. The summed E-state index contributed by atoms with van der Waals surface area (Å²) in [4.78, 5) is 35.4. The Kier molecular flexibility index (Phi) is 5.12. The Morgan fingerprint density at radius 3 is 2.88 bits per heavy atom. The third-order valence-electron chi connectivity index (χ3n) is 3.76. The molecule has 3 aromatic rings. The molecule has 0 aliphatic carbocycles. The average molecular weight is 355 g/mol. The molecule has 26 heavy (non-hydrogen) atoms. The van der Waals surface area contributed by atoms with Crippen molar-refractivity contribution in [3.8, 4) is 0 Å². The van der Waals surface area contributed by atoms with Crippen molar-refractivity contribution in [2.45, 2.75) is 19.4 Å². The second-order valence-corrected chi connectivity index (χ2v) is 5.58. The highest BCUT2D eigenvalue weighted by Gasteiger charge is 2.15. The Bertz CT molecular complexity index is 1010. The van der Waals surface area contributed by atoms with Crippen LogP contribution < -0.4 is 10.9 Å². The summed E-state index contributed by atoms with van der Waals surface area (Å²) in [6.07, 6.45) is 2.53. The highest BCUT2D eigenvalue weighted by molar-refractivity contribution is 6.04. The van der Waals surface area contributed by atoms with Crippen molar-refractivity contribution in [2.24, 2.45) is 0 Å². The summed E-state index contributed by atoms with van der Waals surface area (Å²) in [6, 6.07) is 10.1. The normalized spacial score (nSPS) is 10.7. The number of methoxy groups -OCH3 is 1. The maximum Gasteiger partial charge on any atom is 0.349 e. The van der Waals surface area contributed by atoms with E-state index in [1.54, 1.807) is 41.2 Å². The number of aryl methyl sites for hydroxylation is 1. The first-order valence-corrected chi connectivity index (χ1v) is 8.01. The fourth-order valence-electron chi connectivity index (χ4n) is 2.44. The molecule has 0 fully saturated rings. The van der Waals surface area contributed by atoms with Crippen LogP contribution >= 0.6 is 0 Å². The number of anilines is 1. The number of carbonyl (C=O) groups excluding carboxylic acids is 2. The lowest BCUT2D eigenvalue weighted by atomic mass is 10.2. The number of benzene rings is 1. The second kappa shape index (κ2) is 7.64. The number of esters is 1. The molecule has 0 saturated heterocycles. The van der Waals surface area contributed by atoms with Crippen LogP contribution in [-0.4, -0.2) is 28.8 Å². The summed E-state index contributed by atoms with van der Waals surface area (Å²) in [5, 5.41) is 7.42. The van der Waals surface area contributed by atoms with Gasteiger partial charge in [0.1, 0.15) is 11.1 Å². The number of hydrogen-bond donors (Lipinski definition) is 1. The maximum atomic E-state index is 12.3. The molecule has 0 aliphatic heterocycles. The summed E-state index contributed by atoms with van der Waals surface area (Å²) < 4.78 is 11.3. The number of fused-ring (bicyclic) bond motifs is 1. The molecule has 134 valence electrons. The SMILES string of the molecule is COC(=O)CCCn1ccc(NC(=O)c2cc3ccccc3oc2=O)n1. The number of hydrogen-bond acceptors (Lipinski definition) is 6. The van der Waals surface area contributed by atoms with E-state index in [0.717, 1.165) is 0 Å². The molecule has 0 atom stereocenters. The van der Waals surface area contributed by atoms with E-state index in [9.17, 15) is 14.4 Å². The highest BCUT2D eigenvalue weighted by atomic mass is 16.5. The smallest absolute Gasteiger partial charge is 0.349 e. The Hall–Kier alpha value is -3.42. The van der Waals surface area contributed by atoms with Gasteiger partial charge in [-0.25, -0.2) is 4.79 Å². The number of aromatic nitrogens is 2. The summed E-state index contributed by atoms with van der Waals surface area (Å²) >= 11 is 0. The maximum absolute atomic E-state index is 12.3. The fraction of sp³-hybridized carbons (Fsp3) is 0.222. The molecule has 0 spiro atoms. The number of nitrogens with one attached hydrogen (secondary N) is 1. The van der Waals surface area contributed by atoms with Gasteiger partial charge in [-0.2, -0.15) is 5.10 Å². The summed E-state index contributed by atoms with van der Waals surface area (Å²) in [7, 11) is 1.34. The third-order valence-corrected chi connectivity index (χ3v) is 3.76. The molecule has 3 rings (SSSR count). The van der Waals surface area contributed by atoms with E-state index in [0.29, 0.717) is 29.8 Å². The number of amides is 1. The standard InChI is InChI=1S/C18H17N3O5/c1-25-16(22)7-4-9-21-10-8-15(20-21)19-17(23)13-11-12-5-2-3-6-14(12)26-18(13)24/h2-3,5-6,8,10-11H,4,7,9H2,1H3,(H,19,20,23). The van der Waals surface area contributed by atoms with E-state index in [4.69, 9.17) is 4.42 Å². The van der Waals surface area contributed by atoms with E-state index in [1.165, 1.54) is 13.2 Å². The molecule has 0 bridgehead atoms. The van der Waals surface area contributed by atoms with Crippen molar-refractivity contribution in [1.82, 2.24) is 9.78 Å². The Morgan fingerprint density at radius 2 is 2.08 bits per heavy atom. The van der Waals surface area contributed by atoms with Crippen LogP contribution in [0.2, 0.25) is 0 Å². The molecule has 1 amide bonds. The van der Waals surface area contributed by atoms with Crippen LogP contribution in [-0.2, 0) is 16.1 Å². The summed E-state index contributed by atoms with van der Waals surface area (Å²) in [6.45, 7) is 0.503. The van der Waals surface area contributed by atoms with Gasteiger partial charge in [-0.15, -0.1) is 0 Å². The number of ether oxygens (including phenoxy) is 1. The highest BCUT2D eigenvalue weighted by Crippen LogP contribution is 2.13. The quantitative estimate of drug-likeness (QED) is 0.537. The van der Waals surface area contributed by atoms with Crippen molar-refractivity contribution in [3.63, 3.8) is 0 Å². The lowest BCUT2D eigenvalue weighted by Gasteiger charge is -2.03. The molecule has 0 unspecified atom stereocenters. The van der Waals surface area contributed by atoms with E-state index < -0.39 is 11.5 Å². The van der Waals surface area contributed by atoms with Crippen LogP contribution in [0.25, 0.3) is 11.0 Å². The Labute approximate surface area is 148 Å². The molecule has 0 aliphatic rings. The number of rotatable bonds is 6. The zero-order valence-corrected chi connectivity index (χ0v) is 14.1. The predicted octanol–water partition coefficient (Wildman–Crippen LogP) is 2.20. The summed E-state index contributed by atoms with van der Waals surface area (Å²) in [5.74, 6) is -0.571. The van der Waals surface area contributed by atoms with Gasteiger partial charge in [-0.05, 0) is 18.6 Å². The van der Waals surface area contributed by atoms with Gasteiger partial charge in [0, 0.05) is 30.6 Å². The Morgan fingerprint density at radius 1 is 1.27 bits per heavy atom. The van der Waals surface area contributed by atoms with Gasteiger partial charge in [0.25, 0.3) is 5.91 Å². The van der Waals surface area contributed by atoms with Crippen molar-refractivity contribution in [1.29, 1.82) is 0 Å². The van der Waals surface area contributed by atoms with Crippen molar-refractivity contribution < 1.29 is 18.7 Å². The van der Waals surface area contributed by atoms with E-state index in [-0.39, 0.29) is 18.0 Å². The third kappa shape index (κ3) is 3.97. The van der Waals surface area contributed by atoms with Crippen LogP contribution in [0.15, 0.2) is 51.8 Å². The first-order valence-electron chi connectivity index (χ1n) is 8.01. The molecule has 2 aromatic heterocycles. The van der Waals surface area contributed by atoms with E-state index in [1.807, 2.05) is 0 Å². The first-order chi connectivity index (χ1) is 12.6. The largest absolute Gasteiger partial charge is 0.469 e. The molecule has 8 heteroatoms. The fourth-order valence-corrected chi connectivity index (χ4v) is 2.44. The van der Waals surface area contributed by atoms with Gasteiger partial charge < -0.3 is 14.5 Å². The summed E-state index contributed by atoms with van der Waals surface area (Å²) in [5.41, 5.74) is -0.383. The average Bonchev–Trinajstić information content (AvgIpc) is 3.08. The molecule has 0 saturated carbocycles. The van der Waals surface area contributed by atoms with Crippen LogP contribution in [0.1, 0.15) is 23.2 Å². The number of para-hydroxylation sites is 1. The molecule has 2 heterocycles. The molecular formula is C18H17N3O5. The lowest BCUT2D eigenvalue weighted by Crippen LogP contribution is -2.21. The topological polar surface area (TPSA) is 103 Å².